The van der Waals surface area contributed by atoms with Gasteiger partial charge in [-0.2, -0.15) is 13.2 Å². The van der Waals surface area contributed by atoms with Crippen molar-refractivity contribution in [2.24, 2.45) is 10.3 Å². The number of benzene rings is 2. The first-order valence-corrected chi connectivity index (χ1v) is 8.05. The van der Waals surface area contributed by atoms with Gasteiger partial charge in [-0.3, -0.25) is 4.79 Å². The van der Waals surface area contributed by atoms with Crippen LogP contribution < -0.4 is 5.32 Å². The number of hydrogen-bond donors (Lipinski definition) is 1. The Hall–Kier alpha value is -3.36. The number of carbonyl (C=O) groups is 1. The molecule has 0 saturated carbocycles. The largest absolute Gasteiger partial charge is 0.416 e. The molecular weight excluding hydrogens is 375 g/mol. The number of oxime groups is 2. The molecule has 0 aliphatic carbocycles. The summed E-state index contributed by atoms with van der Waals surface area (Å²) in [6.07, 6.45) is -4.52. The highest BCUT2D eigenvalue weighted by atomic mass is 19.4. The van der Waals surface area contributed by atoms with E-state index in [9.17, 15) is 18.0 Å². The van der Waals surface area contributed by atoms with Crippen molar-refractivity contribution in [1.29, 1.82) is 0 Å². The van der Waals surface area contributed by atoms with Crippen LogP contribution in [0.3, 0.4) is 0 Å². The Morgan fingerprint density at radius 3 is 2.18 bits per heavy atom. The van der Waals surface area contributed by atoms with E-state index in [-0.39, 0.29) is 17.0 Å². The van der Waals surface area contributed by atoms with E-state index in [0.29, 0.717) is 11.1 Å². The van der Waals surface area contributed by atoms with Crippen LogP contribution in [0, 0.1) is 0 Å². The second-order valence-electron chi connectivity index (χ2n) is 5.45. The van der Waals surface area contributed by atoms with Crippen LogP contribution in [0.15, 0.2) is 58.8 Å². The third kappa shape index (κ3) is 4.67. The maximum Gasteiger partial charge on any atom is 0.416 e. The molecule has 2 rings (SSSR count). The Balaban J connectivity index is 2.69. The molecule has 0 aliphatic rings. The number of alkyl halides is 3. The Morgan fingerprint density at radius 1 is 0.964 bits per heavy atom. The third-order valence-electron chi connectivity index (χ3n) is 3.71. The van der Waals surface area contributed by atoms with E-state index in [2.05, 4.69) is 15.6 Å². The summed E-state index contributed by atoms with van der Waals surface area (Å²) in [6, 6.07) is 11.2. The number of carbonyl (C=O) groups excluding carboxylic acids is 1. The number of nitrogens with one attached hydrogen (secondary N) is 1. The minimum absolute atomic E-state index is 0.0589. The molecule has 0 unspecified atom stereocenters. The minimum Gasteiger partial charge on any atom is -0.399 e. The molecule has 0 saturated heterocycles. The number of likely N-dealkylation sites (N-methyl/N-ethyl adjacent to an activating group) is 1. The van der Waals surface area contributed by atoms with Crippen molar-refractivity contribution in [3.05, 3.63) is 70.8 Å². The number of hydrogen-bond acceptors (Lipinski definition) is 5. The van der Waals surface area contributed by atoms with Crippen molar-refractivity contribution in [2.45, 2.75) is 6.18 Å². The second kappa shape index (κ2) is 9.03. The molecule has 2 aromatic rings. The fourth-order valence-corrected chi connectivity index (χ4v) is 2.51. The summed E-state index contributed by atoms with van der Waals surface area (Å²) >= 11 is 0. The zero-order valence-electron chi connectivity index (χ0n) is 15.4. The van der Waals surface area contributed by atoms with Gasteiger partial charge in [-0.15, -0.1) is 0 Å². The number of nitrogens with zero attached hydrogens (tertiary/aromatic N) is 2. The smallest absolute Gasteiger partial charge is 0.399 e. The van der Waals surface area contributed by atoms with Gasteiger partial charge in [-0.25, -0.2) is 0 Å². The van der Waals surface area contributed by atoms with Gasteiger partial charge in [0, 0.05) is 23.7 Å². The van der Waals surface area contributed by atoms with E-state index in [0.717, 1.165) is 12.1 Å². The van der Waals surface area contributed by atoms with E-state index < -0.39 is 17.6 Å². The van der Waals surface area contributed by atoms with Crippen molar-refractivity contribution in [3.8, 4) is 0 Å². The van der Waals surface area contributed by atoms with Crippen LogP contribution in [0.5, 0.6) is 0 Å². The molecule has 2 aromatic carbocycles. The molecule has 0 heterocycles. The number of halogens is 3. The molecule has 0 aliphatic heterocycles. The van der Waals surface area contributed by atoms with Crippen LogP contribution in [-0.4, -0.2) is 38.6 Å². The average molecular weight is 393 g/mol. The van der Waals surface area contributed by atoms with Crippen molar-refractivity contribution in [2.75, 3.05) is 21.3 Å². The summed E-state index contributed by atoms with van der Waals surface area (Å²) in [7, 11) is 3.98. The molecule has 0 atom stereocenters. The van der Waals surface area contributed by atoms with Crippen molar-refractivity contribution >= 4 is 17.3 Å². The van der Waals surface area contributed by atoms with Gasteiger partial charge in [0.1, 0.15) is 19.9 Å². The predicted molar refractivity (Wildman–Crippen MR) is 98.1 cm³/mol. The van der Waals surface area contributed by atoms with Gasteiger partial charge in [0.05, 0.1) is 5.56 Å². The molecule has 6 nitrogen and oxygen atoms in total. The summed E-state index contributed by atoms with van der Waals surface area (Å²) < 4.78 is 39.4. The third-order valence-corrected chi connectivity index (χ3v) is 3.71. The van der Waals surface area contributed by atoms with Crippen LogP contribution in [0.4, 0.5) is 13.2 Å². The molecule has 0 radical (unpaired) electrons. The highest BCUT2D eigenvalue weighted by Crippen LogP contribution is 2.30. The van der Waals surface area contributed by atoms with Crippen molar-refractivity contribution < 1.29 is 27.6 Å². The zero-order chi connectivity index (χ0) is 20.7. The number of rotatable bonds is 6. The van der Waals surface area contributed by atoms with Gasteiger partial charge < -0.3 is 15.0 Å². The topological polar surface area (TPSA) is 72.3 Å². The van der Waals surface area contributed by atoms with Gasteiger partial charge >= 0.3 is 6.18 Å². The molecule has 9 heteroatoms. The van der Waals surface area contributed by atoms with Gasteiger partial charge in [-0.1, -0.05) is 46.7 Å². The molecule has 0 spiro atoms. The zero-order valence-corrected chi connectivity index (χ0v) is 15.4. The summed E-state index contributed by atoms with van der Waals surface area (Å²) in [5.74, 6) is -0.532. The lowest BCUT2D eigenvalue weighted by molar-refractivity contribution is -0.137. The normalized spacial score (nSPS) is 12.5. The second-order valence-corrected chi connectivity index (χ2v) is 5.45. The van der Waals surface area contributed by atoms with E-state index in [4.69, 9.17) is 9.68 Å². The monoisotopic (exact) mass is 393 g/mol. The van der Waals surface area contributed by atoms with Crippen LogP contribution in [-0.2, 0) is 20.6 Å². The molecule has 0 bridgehead atoms. The molecule has 1 N–H and O–H groups in total. The van der Waals surface area contributed by atoms with Crippen molar-refractivity contribution in [1.82, 2.24) is 5.32 Å². The van der Waals surface area contributed by atoms with E-state index in [1.54, 1.807) is 24.3 Å². The SMILES string of the molecule is CNC(=O)C(=NOC)c1ccccc1C(=NOC)c1cccc(C(F)(F)F)c1. The lowest BCUT2D eigenvalue weighted by atomic mass is 9.94. The lowest BCUT2D eigenvalue weighted by Gasteiger charge is -2.14. The van der Waals surface area contributed by atoms with Gasteiger partial charge in [0.2, 0.25) is 0 Å². The Morgan fingerprint density at radius 2 is 1.61 bits per heavy atom. The van der Waals surface area contributed by atoms with Crippen LogP contribution in [0.2, 0.25) is 0 Å². The summed E-state index contributed by atoms with van der Waals surface area (Å²) in [6.45, 7) is 0. The molecule has 1 amide bonds. The number of amides is 1. The van der Waals surface area contributed by atoms with Gasteiger partial charge in [-0.05, 0) is 12.1 Å². The quantitative estimate of drug-likeness (QED) is 0.605. The lowest BCUT2D eigenvalue weighted by Crippen LogP contribution is -2.30. The average Bonchev–Trinajstić information content (AvgIpc) is 2.69. The van der Waals surface area contributed by atoms with E-state index >= 15 is 0 Å². The first kappa shape index (κ1) is 20.9. The van der Waals surface area contributed by atoms with Crippen LogP contribution >= 0.6 is 0 Å². The summed E-state index contributed by atoms with van der Waals surface area (Å²) in [5.41, 5.74) is 0.0504. The maximum atomic E-state index is 13.1. The fourth-order valence-electron chi connectivity index (χ4n) is 2.51. The van der Waals surface area contributed by atoms with Gasteiger partial charge in [0.25, 0.3) is 5.91 Å². The minimum atomic E-state index is -4.52. The Kier molecular flexibility index (Phi) is 6.75. The standard InChI is InChI=1S/C19H18F3N3O3/c1-23-18(26)17(25-28-3)15-10-5-4-9-14(15)16(24-27-2)12-7-6-8-13(11-12)19(20,21)22/h4-11H,1-3H3,(H,23,26). The molecule has 148 valence electrons. The van der Waals surface area contributed by atoms with E-state index in [1.165, 1.54) is 33.4 Å². The molecule has 28 heavy (non-hydrogen) atoms. The molecular formula is C19H18F3N3O3. The fraction of sp³-hybridized carbons (Fsp3) is 0.211. The Labute approximate surface area is 159 Å². The first-order chi connectivity index (χ1) is 13.3. The molecule has 0 fully saturated rings. The molecule has 0 aromatic heterocycles. The highest BCUT2D eigenvalue weighted by molar-refractivity contribution is 6.46. The maximum absolute atomic E-state index is 13.1. The highest BCUT2D eigenvalue weighted by Gasteiger charge is 2.31. The van der Waals surface area contributed by atoms with Crippen LogP contribution in [0.1, 0.15) is 22.3 Å². The van der Waals surface area contributed by atoms with Crippen LogP contribution in [0.25, 0.3) is 0 Å². The van der Waals surface area contributed by atoms with Crippen molar-refractivity contribution in [3.63, 3.8) is 0 Å². The first-order valence-electron chi connectivity index (χ1n) is 8.05. The predicted octanol–water partition coefficient (Wildman–Crippen LogP) is 3.20. The Bertz CT molecular complexity index is 909. The summed E-state index contributed by atoms with van der Waals surface area (Å²) in [5, 5.41) is 10.1. The van der Waals surface area contributed by atoms with Gasteiger partial charge in [0.15, 0.2) is 5.71 Å². The summed E-state index contributed by atoms with van der Waals surface area (Å²) in [4.78, 5) is 21.8. The van der Waals surface area contributed by atoms with E-state index in [1.807, 2.05) is 0 Å².